The number of halogens is 1. The summed E-state index contributed by atoms with van der Waals surface area (Å²) in [4.78, 5) is 10.5. The fourth-order valence-corrected chi connectivity index (χ4v) is 1.81. The summed E-state index contributed by atoms with van der Waals surface area (Å²) in [5, 5.41) is 8.65. The van der Waals surface area contributed by atoms with Gasteiger partial charge in [0.1, 0.15) is 5.75 Å². The molecule has 0 bridgehead atoms. The number of carboxylic acid groups (broad SMARTS) is 1. The zero-order valence-electron chi connectivity index (χ0n) is 8.71. The van der Waals surface area contributed by atoms with Gasteiger partial charge in [0.15, 0.2) is 0 Å². The molecule has 0 saturated heterocycles. The number of hydrogen-bond donors (Lipinski definition) is 1. The smallest absolute Gasteiger partial charge is 0.303 e. The number of benzene rings is 1. The van der Waals surface area contributed by atoms with Crippen LogP contribution in [0.5, 0.6) is 5.75 Å². The van der Waals surface area contributed by atoms with E-state index in [0.717, 1.165) is 21.3 Å². The van der Waals surface area contributed by atoms with E-state index in [9.17, 15) is 4.79 Å². The molecule has 0 aromatic heterocycles. The molecule has 0 aliphatic rings. The molecular formula is C11H13BrO3. The molecule has 1 rings (SSSR count). The van der Waals surface area contributed by atoms with Crippen LogP contribution in [0.1, 0.15) is 17.5 Å². The maximum Gasteiger partial charge on any atom is 0.303 e. The first-order chi connectivity index (χ1) is 7.06. The summed E-state index contributed by atoms with van der Waals surface area (Å²) in [6.45, 7) is 1.95. The van der Waals surface area contributed by atoms with Crippen molar-refractivity contribution >= 4 is 21.9 Å². The molecule has 0 spiro atoms. The van der Waals surface area contributed by atoms with E-state index in [-0.39, 0.29) is 6.42 Å². The van der Waals surface area contributed by atoms with Crippen LogP contribution in [-0.2, 0) is 11.2 Å². The number of hydrogen-bond acceptors (Lipinski definition) is 2. The molecule has 0 heterocycles. The van der Waals surface area contributed by atoms with Gasteiger partial charge in [0.2, 0.25) is 0 Å². The first-order valence-electron chi connectivity index (χ1n) is 4.60. The predicted octanol–water partition coefficient (Wildman–Crippen LogP) is 2.78. The van der Waals surface area contributed by atoms with Gasteiger partial charge in [0, 0.05) is 10.9 Å². The van der Waals surface area contributed by atoms with Gasteiger partial charge < -0.3 is 9.84 Å². The number of carboxylic acids is 1. The Labute approximate surface area is 97.2 Å². The Morgan fingerprint density at radius 2 is 2.20 bits per heavy atom. The Kier molecular flexibility index (Phi) is 4.15. The Morgan fingerprint density at radius 1 is 1.53 bits per heavy atom. The van der Waals surface area contributed by atoms with E-state index in [4.69, 9.17) is 9.84 Å². The molecule has 15 heavy (non-hydrogen) atoms. The van der Waals surface area contributed by atoms with E-state index in [2.05, 4.69) is 15.9 Å². The zero-order chi connectivity index (χ0) is 11.4. The van der Waals surface area contributed by atoms with Crippen molar-refractivity contribution in [2.24, 2.45) is 0 Å². The van der Waals surface area contributed by atoms with Crippen LogP contribution in [0.3, 0.4) is 0 Å². The van der Waals surface area contributed by atoms with Crippen molar-refractivity contribution in [3.8, 4) is 5.75 Å². The van der Waals surface area contributed by atoms with Crippen LogP contribution in [0.2, 0.25) is 0 Å². The summed E-state index contributed by atoms with van der Waals surface area (Å²) in [5.74, 6) is -0.0478. The highest BCUT2D eigenvalue weighted by Gasteiger charge is 2.10. The predicted molar refractivity (Wildman–Crippen MR) is 61.4 cm³/mol. The summed E-state index contributed by atoms with van der Waals surface area (Å²) < 4.78 is 6.18. The SMILES string of the molecule is COc1ccc(Br)c(C)c1CCC(=O)O. The average molecular weight is 273 g/mol. The van der Waals surface area contributed by atoms with E-state index < -0.39 is 5.97 Å². The molecule has 1 aromatic carbocycles. The average Bonchev–Trinajstić information content (AvgIpc) is 2.20. The highest BCUT2D eigenvalue weighted by Crippen LogP contribution is 2.29. The molecule has 0 aliphatic carbocycles. The van der Waals surface area contributed by atoms with Crippen molar-refractivity contribution in [2.75, 3.05) is 7.11 Å². The van der Waals surface area contributed by atoms with E-state index in [0.29, 0.717) is 6.42 Å². The summed E-state index contributed by atoms with van der Waals surface area (Å²) in [5.41, 5.74) is 1.99. The zero-order valence-corrected chi connectivity index (χ0v) is 10.3. The summed E-state index contributed by atoms with van der Waals surface area (Å²) in [6, 6.07) is 3.74. The topological polar surface area (TPSA) is 46.5 Å². The van der Waals surface area contributed by atoms with Gasteiger partial charge in [-0.1, -0.05) is 15.9 Å². The number of aliphatic carboxylic acids is 1. The first-order valence-corrected chi connectivity index (χ1v) is 5.39. The molecule has 0 aliphatic heterocycles. The van der Waals surface area contributed by atoms with Crippen LogP contribution >= 0.6 is 15.9 Å². The van der Waals surface area contributed by atoms with Crippen molar-refractivity contribution in [1.82, 2.24) is 0 Å². The number of carbonyl (C=O) groups is 1. The number of ether oxygens (including phenoxy) is 1. The van der Waals surface area contributed by atoms with Crippen LogP contribution in [0, 0.1) is 6.92 Å². The van der Waals surface area contributed by atoms with Gasteiger partial charge in [0.05, 0.1) is 7.11 Å². The molecule has 1 aromatic rings. The van der Waals surface area contributed by atoms with Crippen LogP contribution in [0.25, 0.3) is 0 Å². The van der Waals surface area contributed by atoms with E-state index in [1.165, 1.54) is 0 Å². The van der Waals surface area contributed by atoms with E-state index >= 15 is 0 Å². The van der Waals surface area contributed by atoms with Gasteiger partial charge >= 0.3 is 5.97 Å². The van der Waals surface area contributed by atoms with Crippen LogP contribution in [-0.4, -0.2) is 18.2 Å². The van der Waals surface area contributed by atoms with Crippen LogP contribution in [0.15, 0.2) is 16.6 Å². The number of rotatable bonds is 4. The van der Waals surface area contributed by atoms with Gasteiger partial charge in [-0.2, -0.15) is 0 Å². The van der Waals surface area contributed by atoms with Gasteiger partial charge in [-0.15, -0.1) is 0 Å². The Bertz CT molecular complexity index is 374. The lowest BCUT2D eigenvalue weighted by molar-refractivity contribution is -0.136. The van der Waals surface area contributed by atoms with Crippen LogP contribution < -0.4 is 4.74 Å². The van der Waals surface area contributed by atoms with E-state index in [1.807, 2.05) is 19.1 Å². The molecule has 0 fully saturated rings. The lowest BCUT2D eigenvalue weighted by Crippen LogP contribution is -2.01. The lowest BCUT2D eigenvalue weighted by Gasteiger charge is -2.12. The largest absolute Gasteiger partial charge is 0.496 e. The van der Waals surface area contributed by atoms with Crippen molar-refractivity contribution in [1.29, 1.82) is 0 Å². The molecule has 82 valence electrons. The molecule has 1 N–H and O–H groups in total. The normalized spacial score (nSPS) is 10.1. The molecule has 4 heteroatoms. The second-order valence-electron chi connectivity index (χ2n) is 3.25. The Morgan fingerprint density at radius 3 is 2.73 bits per heavy atom. The molecular weight excluding hydrogens is 260 g/mol. The molecule has 0 saturated carbocycles. The molecule has 0 radical (unpaired) electrons. The quantitative estimate of drug-likeness (QED) is 0.917. The maximum atomic E-state index is 10.5. The van der Waals surface area contributed by atoms with Gasteiger partial charge in [0.25, 0.3) is 0 Å². The van der Waals surface area contributed by atoms with E-state index in [1.54, 1.807) is 7.11 Å². The van der Waals surface area contributed by atoms with Gasteiger partial charge in [-0.3, -0.25) is 4.79 Å². The third-order valence-corrected chi connectivity index (χ3v) is 3.16. The third kappa shape index (κ3) is 2.96. The minimum absolute atomic E-state index is 0.119. The maximum absolute atomic E-state index is 10.5. The van der Waals surface area contributed by atoms with Crippen LogP contribution in [0.4, 0.5) is 0 Å². The first kappa shape index (κ1) is 12.0. The fourth-order valence-electron chi connectivity index (χ4n) is 1.44. The second kappa shape index (κ2) is 5.16. The molecule has 0 unspecified atom stereocenters. The Hall–Kier alpha value is -1.03. The van der Waals surface area contributed by atoms with Crippen molar-refractivity contribution in [3.63, 3.8) is 0 Å². The lowest BCUT2D eigenvalue weighted by atomic mass is 10.0. The standard InChI is InChI=1S/C11H13BrO3/c1-7-8(3-6-11(13)14)10(15-2)5-4-9(7)12/h4-5H,3,6H2,1-2H3,(H,13,14). The third-order valence-electron chi connectivity index (χ3n) is 2.30. The van der Waals surface area contributed by atoms with Crippen molar-refractivity contribution < 1.29 is 14.6 Å². The monoisotopic (exact) mass is 272 g/mol. The minimum Gasteiger partial charge on any atom is -0.496 e. The summed E-state index contributed by atoms with van der Waals surface area (Å²) in [7, 11) is 1.59. The van der Waals surface area contributed by atoms with Crippen molar-refractivity contribution in [3.05, 3.63) is 27.7 Å². The molecule has 3 nitrogen and oxygen atoms in total. The molecule has 0 amide bonds. The van der Waals surface area contributed by atoms with Gasteiger partial charge in [-0.25, -0.2) is 0 Å². The minimum atomic E-state index is -0.795. The highest BCUT2D eigenvalue weighted by molar-refractivity contribution is 9.10. The van der Waals surface area contributed by atoms with Gasteiger partial charge in [-0.05, 0) is 36.6 Å². The number of methoxy groups -OCH3 is 1. The fraction of sp³-hybridized carbons (Fsp3) is 0.364. The second-order valence-corrected chi connectivity index (χ2v) is 4.10. The summed E-state index contributed by atoms with van der Waals surface area (Å²) in [6.07, 6.45) is 0.609. The Balaban J connectivity index is 3.01. The molecule has 0 atom stereocenters. The van der Waals surface area contributed by atoms with Crippen molar-refractivity contribution in [2.45, 2.75) is 19.8 Å². The summed E-state index contributed by atoms with van der Waals surface area (Å²) >= 11 is 3.41. The highest BCUT2D eigenvalue weighted by atomic mass is 79.9.